The molecule has 1 heterocycles. The van der Waals surface area contributed by atoms with E-state index in [0.717, 1.165) is 31.6 Å². The maximum atomic E-state index is 12.7. The van der Waals surface area contributed by atoms with E-state index >= 15 is 0 Å². The number of amides is 1. The highest BCUT2D eigenvalue weighted by atomic mass is 32.2. The van der Waals surface area contributed by atoms with E-state index in [1.165, 1.54) is 0 Å². The van der Waals surface area contributed by atoms with Crippen LogP contribution in [-0.2, 0) is 0 Å². The van der Waals surface area contributed by atoms with Crippen LogP contribution >= 0.6 is 11.8 Å². The zero-order valence-corrected chi connectivity index (χ0v) is 15.9. The van der Waals surface area contributed by atoms with E-state index in [1.807, 2.05) is 18.2 Å². The maximum absolute atomic E-state index is 12.7. The van der Waals surface area contributed by atoms with Gasteiger partial charge in [-0.15, -0.1) is 0 Å². The number of hydrogen-bond acceptors (Lipinski definition) is 4. The van der Waals surface area contributed by atoms with Crippen LogP contribution in [0.4, 0.5) is 20.2 Å². The smallest absolute Gasteiger partial charge is 0.288 e. The van der Waals surface area contributed by atoms with Crippen molar-refractivity contribution < 1.29 is 13.6 Å². The number of hydrogen-bond donors (Lipinski definition) is 2. The molecule has 7 heteroatoms. The lowest BCUT2D eigenvalue weighted by Gasteiger charge is -2.29. The molecule has 0 aliphatic carbocycles. The van der Waals surface area contributed by atoms with Gasteiger partial charge in [-0.1, -0.05) is 23.9 Å². The quantitative estimate of drug-likeness (QED) is 0.708. The number of thioether (sulfide) groups is 1. The first-order valence-electron chi connectivity index (χ1n) is 8.91. The van der Waals surface area contributed by atoms with Crippen molar-refractivity contribution in [1.82, 2.24) is 10.2 Å². The second-order valence-electron chi connectivity index (χ2n) is 6.62. The van der Waals surface area contributed by atoms with E-state index in [-0.39, 0.29) is 11.9 Å². The van der Waals surface area contributed by atoms with Gasteiger partial charge in [-0.25, -0.2) is 0 Å². The Labute approximate surface area is 162 Å². The summed E-state index contributed by atoms with van der Waals surface area (Å²) in [5.41, 5.74) is 2.01. The van der Waals surface area contributed by atoms with Crippen LogP contribution in [0.5, 0.6) is 0 Å². The monoisotopic (exact) mass is 391 g/mol. The van der Waals surface area contributed by atoms with Crippen molar-refractivity contribution in [1.29, 1.82) is 0 Å². The van der Waals surface area contributed by atoms with Crippen molar-refractivity contribution in [2.24, 2.45) is 0 Å². The Balaban J connectivity index is 1.67. The zero-order valence-electron chi connectivity index (χ0n) is 15.1. The van der Waals surface area contributed by atoms with Crippen molar-refractivity contribution in [3.05, 3.63) is 54.1 Å². The Morgan fingerprint density at radius 1 is 1.11 bits per heavy atom. The lowest BCUT2D eigenvalue weighted by atomic mass is 10.0. The van der Waals surface area contributed by atoms with Gasteiger partial charge in [0.15, 0.2) is 0 Å². The number of anilines is 2. The molecule has 27 heavy (non-hydrogen) atoms. The SMILES string of the molecule is CN1CCC(NC(=O)c2ccccc2Nc2ccc(SC(F)F)cc2)CC1. The third-order valence-electron chi connectivity index (χ3n) is 4.58. The van der Waals surface area contributed by atoms with E-state index in [0.29, 0.717) is 27.9 Å². The summed E-state index contributed by atoms with van der Waals surface area (Å²) in [7, 11) is 2.09. The topological polar surface area (TPSA) is 44.4 Å². The van der Waals surface area contributed by atoms with Gasteiger partial charge in [-0.2, -0.15) is 8.78 Å². The first-order valence-corrected chi connectivity index (χ1v) is 9.79. The first-order chi connectivity index (χ1) is 13.0. The van der Waals surface area contributed by atoms with Gasteiger partial charge in [-0.3, -0.25) is 4.79 Å². The van der Waals surface area contributed by atoms with Gasteiger partial charge in [0.05, 0.1) is 11.3 Å². The molecular formula is C20H23F2N3OS. The summed E-state index contributed by atoms with van der Waals surface area (Å²) in [6.45, 7) is 1.96. The predicted molar refractivity (Wildman–Crippen MR) is 106 cm³/mol. The summed E-state index contributed by atoms with van der Waals surface area (Å²) in [5.74, 6) is -2.54. The summed E-state index contributed by atoms with van der Waals surface area (Å²) < 4.78 is 24.8. The lowest BCUT2D eigenvalue weighted by molar-refractivity contribution is 0.0917. The van der Waals surface area contributed by atoms with Crippen molar-refractivity contribution in [2.45, 2.75) is 29.5 Å². The first kappa shape index (κ1) is 19.6. The number of nitrogens with one attached hydrogen (secondary N) is 2. The molecular weight excluding hydrogens is 368 g/mol. The number of likely N-dealkylation sites (tertiary alicyclic amines) is 1. The minimum absolute atomic E-state index is 0.0995. The van der Waals surface area contributed by atoms with Gasteiger partial charge in [0.25, 0.3) is 11.7 Å². The van der Waals surface area contributed by atoms with Gasteiger partial charge in [-0.05, 0) is 69.4 Å². The third kappa shape index (κ3) is 5.68. The molecule has 0 aromatic heterocycles. The minimum Gasteiger partial charge on any atom is -0.355 e. The molecule has 1 saturated heterocycles. The average Bonchev–Trinajstić information content (AvgIpc) is 2.65. The molecule has 3 rings (SSSR count). The molecule has 0 unspecified atom stereocenters. The molecule has 2 aromatic rings. The average molecular weight is 391 g/mol. The van der Waals surface area contributed by atoms with Crippen molar-refractivity contribution in [2.75, 3.05) is 25.5 Å². The molecule has 1 fully saturated rings. The number of carbonyl (C=O) groups is 1. The van der Waals surface area contributed by atoms with Crippen LogP contribution in [-0.4, -0.2) is 42.7 Å². The Morgan fingerprint density at radius 3 is 2.44 bits per heavy atom. The molecule has 2 N–H and O–H groups in total. The molecule has 1 amide bonds. The Morgan fingerprint density at radius 2 is 1.78 bits per heavy atom. The van der Waals surface area contributed by atoms with E-state index in [1.54, 1.807) is 30.3 Å². The van der Waals surface area contributed by atoms with Gasteiger partial charge in [0.2, 0.25) is 0 Å². The highest BCUT2D eigenvalue weighted by molar-refractivity contribution is 7.99. The van der Waals surface area contributed by atoms with Crippen molar-refractivity contribution in [3.8, 4) is 0 Å². The molecule has 0 saturated carbocycles. The highest BCUT2D eigenvalue weighted by Crippen LogP contribution is 2.28. The van der Waals surface area contributed by atoms with Gasteiger partial charge >= 0.3 is 0 Å². The van der Waals surface area contributed by atoms with Crippen LogP contribution in [0.3, 0.4) is 0 Å². The van der Waals surface area contributed by atoms with E-state index in [9.17, 15) is 13.6 Å². The summed E-state index contributed by atoms with van der Waals surface area (Å²) in [6.07, 6.45) is 1.89. The van der Waals surface area contributed by atoms with Crippen LogP contribution < -0.4 is 10.6 Å². The van der Waals surface area contributed by atoms with E-state index < -0.39 is 5.76 Å². The standard InChI is InChI=1S/C20H23F2N3OS/c1-25-12-10-15(11-13-25)24-19(26)17-4-2-3-5-18(17)23-14-6-8-16(9-7-14)27-20(21)22/h2-9,15,20,23H,10-13H2,1H3,(H,24,26). The largest absolute Gasteiger partial charge is 0.355 e. The van der Waals surface area contributed by atoms with Crippen LogP contribution in [0.1, 0.15) is 23.2 Å². The van der Waals surface area contributed by atoms with Gasteiger partial charge < -0.3 is 15.5 Å². The number of para-hydroxylation sites is 1. The number of rotatable bonds is 6. The second-order valence-corrected chi connectivity index (χ2v) is 7.69. The van der Waals surface area contributed by atoms with Crippen LogP contribution in [0.25, 0.3) is 0 Å². The number of piperidine rings is 1. The number of halogens is 2. The molecule has 1 aliphatic heterocycles. The van der Waals surface area contributed by atoms with E-state index in [4.69, 9.17) is 0 Å². The van der Waals surface area contributed by atoms with E-state index in [2.05, 4.69) is 22.6 Å². The fourth-order valence-corrected chi connectivity index (χ4v) is 3.58. The summed E-state index contributed by atoms with van der Waals surface area (Å²) in [6, 6.07) is 14.2. The fraction of sp³-hybridized carbons (Fsp3) is 0.350. The number of nitrogens with zero attached hydrogens (tertiary/aromatic N) is 1. The minimum atomic E-state index is -2.44. The second kappa shape index (κ2) is 9.19. The molecule has 0 radical (unpaired) electrons. The van der Waals surface area contributed by atoms with Crippen LogP contribution in [0.2, 0.25) is 0 Å². The predicted octanol–water partition coefficient (Wildman–Crippen LogP) is 4.57. The Kier molecular flexibility index (Phi) is 6.68. The lowest BCUT2D eigenvalue weighted by Crippen LogP contribution is -2.43. The highest BCUT2D eigenvalue weighted by Gasteiger charge is 2.20. The van der Waals surface area contributed by atoms with Gasteiger partial charge in [0.1, 0.15) is 0 Å². The Hall–Kier alpha value is -2.12. The molecule has 1 aliphatic rings. The maximum Gasteiger partial charge on any atom is 0.288 e. The van der Waals surface area contributed by atoms with Crippen LogP contribution in [0, 0.1) is 0 Å². The van der Waals surface area contributed by atoms with Crippen LogP contribution in [0.15, 0.2) is 53.4 Å². The van der Waals surface area contributed by atoms with Crippen molar-refractivity contribution >= 4 is 29.0 Å². The molecule has 4 nitrogen and oxygen atoms in total. The molecule has 2 aromatic carbocycles. The summed E-state index contributed by atoms with van der Waals surface area (Å²) in [5, 5.41) is 6.33. The molecule has 0 atom stereocenters. The molecule has 0 spiro atoms. The molecule has 0 bridgehead atoms. The normalized spacial score (nSPS) is 15.7. The number of carbonyl (C=O) groups excluding carboxylic acids is 1. The van der Waals surface area contributed by atoms with Gasteiger partial charge in [0, 0.05) is 16.6 Å². The third-order valence-corrected chi connectivity index (χ3v) is 5.31. The van der Waals surface area contributed by atoms with Crippen molar-refractivity contribution in [3.63, 3.8) is 0 Å². The molecule has 144 valence electrons. The summed E-state index contributed by atoms with van der Waals surface area (Å²) in [4.78, 5) is 15.5. The Bertz CT molecular complexity index is 762. The number of alkyl halides is 2. The zero-order chi connectivity index (χ0) is 19.2. The fourth-order valence-electron chi connectivity index (χ4n) is 3.08. The summed E-state index contributed by atoms with van der Waals surface area (Å²) >= 11 is 0.512. The number of benzene rings is 2.